The topological polar surface area (TPSA) is 38.7 Å². The molecule has 0 N–H and O–H groups in total. The molecule has 0 fully saturated rings. The van der Waals surface area contributed by atoms with Gasteiger partial charge in [0.25, 0.3) is 0 Å². The second-order valence-corrected chi connectivity index (χ2v) is 9.14. The van der Waals surface area contributed by atoms with E-state index in [1.165, 1.54) is 33.2 Å². The van der Waals surface area contributed by atoms with Crippen LogP contribution >= 0.6 is 11.6 Å². The van der Waals surface area contributed by atoms with Gasteiger partial charge in [0.2, 0.25) is 5.28 Å². The van der Waals surface area contributed by atoms with Gasteiger partial charge in [0.05, 0.1) is 0 Å². The first-order valence-corrected chi connectivity index (χ1v) is 11.8. The van der Waals surface area contributed by atoms with Crippen molar-refractivity contribution in [2.75, 3.05) is 0 Å². The minimum Gasteiger partial charge on any atom is -0.212 e. The van der Waals surface area contributed by atoms with Crippen molar-refractivity contribution < 1.29 is 0 Å². The first-order valence-electron chi connectivity index (χ1n) is 11.4. The molecule has 0 radical (unpaired) electrons. The fourth-order valence-electron chi connectivity index (χ4n) is 4.56. The van der Waals surface area contributed by atoms with E-state index < -0.39 is 0 Å². The number of benzene rings is 4. The minimum absolute atomic E-state index is 0.0756. The average Bonchev–Trinajstić information content (AvgIpc) is 2.88. The molecule has 4 aromatic carbocycles. The first-order chi connectivity index (χ1) is 16.6. The first kappa shape index (κ1) is 20.8. The molecule has 5 aromatic rings. The van der Waals surface area contributed by atoms with E-state index in [9.17, 15) is 0 Å². The van der Waals surface area contributed by atoms with Crippen LogP contribution in [-0.4, -0.2) is 15.0 Å². The van der Waals surface area contributed by atoms with Crippen LogP contribution < -0.4 is 0 Å². The van der Waals surface area contributed by atoms with Gasteiger partial charge in [-0.05, 0) is 70.1 Å². The fourth-order valence-corrected chi connectivity index (χ4v) is 4.72. The molecule has 164 valence electrons. The number of allylic oxidation sites excluding steroid dienone is 1. The summed E-state index contributed by atoms with van der Waals surface area (Å²) in [6.45, 7) is 2.11. The SMILES string of the molecule is Cc1ccc(-c2ccc3cc(-c4nc(Cl)nc(C5C=Cc6ccccc6C5)n4)ccc3c2)cc1. The molecular formula is C30H22ClN3. The van der Waals surface area contributed by atoms with Crippen LogP contribution in [0.5, 0.6) is 0 Å². The summed E-state index contributed by atoms with van der Waals surface area (Å²) in [4.78, 5) is 13.7. The van der Waals surface area contributed by atoms with E-state index in [4.69, 9.17) is 16.6 Å². The van der Waals surface area contributed by atoms with Gasteiger partial charge in [-0.15, -0.1) is 0 Å². The summed E-state index contributed by atoms with van der Waals surface area (Å²) in [6.07, 6.45) is 5.15. The number of aromatic nitrogens is 3. The maximum Gasteiger partial charge on any atom is 0.226 e. The molecule has 1 heterocycles. The van der Waals surface area contributed by atoms with E-state index in [-0.39, 0.29) is 11.2 Å². The van der Waals surface area contributed by atoms with Gasteiger partial charge in [-0.25, -0.2) is 9.97 Å². The quantitative estimate of drug-likeness (QED) is 0.278. The van der Waals surface area contributed by atoms with E-state index >= 15 is 0 Å². The summed E-state index contributed by atoms with van der Waals surface area (Å²) >= 11 is 6.35. The van der Waals surface area contributed by atoms with E-state index in [2.05, 4.69) is 114 Å². The summed E-state index contributed by atoms with van der Waals surface area (Å²) in [5.74, 6) is 1.38. The van der Waals surface area contributed by atoms with Gasteiger partial charge in [-0.1, -0.05) is 90.5 Å². The number of hydrogen-bond donors (Lipinski definition) is 0. The van der Waals surface area contributed by atoms with Crippen LogP contribution in [0.2, 0.25) is 5.28 Å². The molecular weight excluding hydrogens is 438 g/mol. The Balaban J connectivity index is 1.34. The van der Waals surface area contributed by atoms with Crippen LogP contribution in [0.4, 0.5) is 0 Å². The van der Waals surface area contributed by atoms with Crippen LogP contribution in [-0.2, 0) is 6.42 Å². The van der Waals surface area contributed by atoms with Gasteiger partial charge < -0.3 is 0 Å². The molecule has 1 aromatic heterocycles. The molecule has 0 spiro atoms. The van der Waals surface area contributed by atoms with Crippen molar-refractivity contribution >= 4 is 28.4 Å². The molecule has 4 heteroatoms. The summed E-state index contributed by atoms with van der Waals surface area (Å²) in [5.41, 5.74) is 7.16. The highest BCUT2D eigenvalue weighted by Crippen LogP contribution is 2.31. The zero-order valence-corrected chi connectivity index (χ0v) is 19.5. The van der Waals surface area contributed by atoms with Gasteiger partial charge in [-0.3, -0.25) is 0 Å². The van der Waals surface area contributed by atoms with Crippen LogP contribution in [0.15, 0.2) is 91.0 Å². The van der Waals surface area contributed by atoms with Crippen molar-refractivity contribution in [3.63, 3.8) is 0 Å². The smallest absolute Gasteiger partial charge is 0.212 e. The van der Waals surface area contributed by atoms with Gasteiger partial charge in [0.1, 0.15) is 5.82 Å². The molecule has 1 unspecified atom stereocenters. The van der Waals surface area contributed by atoms with Crippen molar-refractivity contribution in [3.8, 4) is 22.5 Å². The summed E-state index contributed by atoms with van der Waals surface area (Å²) in [6, 6.07) is 29.9. The number of aryl methyl sites for hydroxylation is 1. The summed E-state index contributed by atoms with van der Waals surface area (Å²) < 4.78 is 0. The number of hydrogen-bond acceptors (Lipinski definition) is 3. The van der Waals surface area contributed by atoms with Crippen molar-refractivity contribution in [2.45, 2.75) is 19.3 Å². The number of nitrogens with zero attached hydrogens (tertiary/aromatic N) is 3. The largest absolute Gasteiger partial charge is 0.226 e. The lowest BCUT2D eigenvalue weighted by atomic mass is 9.89. The highest BCUT2D eigenvalue weighted by molar-refractivity contribution is 6.28. The summed E-state index contributed by atoms with van der Waals surface area (Å²) in [5, 5.41) is 2.54. The Hall–Kier alpha value is -3.82. The molecule has 34 heavy (non-hydrogen) atoms. The molecule has 6 rings (SSSR count). The van der Waals surface area contributed by atoms with Crippen molar-refractivity contribution in [3.05, 3.63) is 119 Å². The summed E-state index contributed by atoms with van der Waals surface area (Å²) in [7, 11) is 0. The van der Waals surface area contributed by atoms with E-state index in [0.29, 0.717) is 11.6 Å². The van der Waals surface area contributed by atoms with Crippen LogP contribution in [0, 0.1) is 6.92 Å². The zero-order valence-electron chi connectivity index (χ0n) is 18.7. The predicted octanol–water partition coefficient (Wildman–Crippen LogP) is 7.67. The van der Waals surface area contributed by atoms with Gasteiger partial charge in [0, 0.05) is 11.5 Å². The molecule has 1 atom stereocenters. The lowest BCUT2D eigenvalue weighted by Crippen LogP contribution is -2.11. The van der Waals surface area contributed by atoms with E-state index in [0.717, 1.165) is 17.4 Å². The predicted molar refractivity (Wildman–Crippen MR) is 140 cm³/mol. The Morgan fingerprint density at radius 1 is 0.735 bits per heavy atom. The average molecular weight is 460 g/mol. The van der Waals surface area contributed by atoms with E-state index in [1.807, 2.05) is 0 Å². The lowest BCUT2D eigenvalue weighted by Gasteiger charge is -2.18. The molecule has 0 saturated heterocycles. The zero-order chi connectivity index (χ0) is 23.1. The molecule has 0 amide bonds. The molecule has 1 aliphatic rings. The third kappa shape index (κ3) is 4.00. The van der Waals surface area contributed by atoms with Crippen molar-refractivity contribution in [1.29, 1.82) is 0 Å². The molecule has 0 saturated carbocycles. The lowest BCUT2D eigenvalue weighted by molar-refractivity contribution is 0.746. The second-order valence-electron chi connectivity index (χ2n) is 8.80. The standard InChI is InChI=1S/C30H22ClN3/c1-19-6-8-21(9-7-19)23-11-12-25-18-27(15-13-24(25)16-23)29-32-28(33-30(31)34-29)26-14-10-20-4-2-3-5-22(20)17-26/h2-16,18,26H,17H2,1H3. The minimum atomic E-state index is 0.0756. The third-order valence-electron chi connectivity index (χ3n) is 6.44. The third-order valence-corrected chi connectivity index (χ3v) is 6.61. The van der Waals surface area contributed by atoms with Crippen LogP contribution in [0.1, 0.15) is 28.4 Å². The normalized spacial score (nSPS) is 14.8. The van der Waals surface area contributed by atoms with Crippen LogP contribution in [0.25, 0.3) is 39.4 Å². The second kappa shape index (κ2) is 8.51. The Bertz CT molecular complexity index is 1550. The van der Waals surface area contributed by atoms with Gasteiger partial charge in [-0.2, -0.15) is 4.98 Å². The highest BCUT2D eigenvalue weighted by Gasteiger charge is 2.20. The Morgan fingerprint density at radius 3 is 2.26 bits per heavy atom. The fraction of sp³-hybridized carbons (Fsp3) is 0.100. The number of fused-ring (bicyclic) bond motifs is 2. The molecule has 3 nitrogen and oxygen atoms in total. The van der Waals surface area contributed by atoms with E-state index in [1.54, 1.807) is 0 Å². The highest BCUT2D eigenvalue weighted by atomic mass is 35.5. The maximum atomic E-state index is 6.35. The Labute approximate surface area is 203 Å². The van der Waals surface area contributed by atoms with Gasteiger partial charge >= 0.3 is 0 Å². The monoisotopic (exact) mass is 459 g/mol. The molecule has 0 aliphatic heterocycles. The van der Waals surface area contributed by atoms with Crippen LogP contribution in [0.3, 0.4) is 0 Å². The number of rotatable bonds is 3. The number of halogens is 1. The maximum absolute atomic E-state index is 6.35. The van der Waals surface area contributed by atoms with Gasteiger partial charge in [0.15, 0.2) is 5.82 Å². The van der Waals surface area contributed by atoms with Crippen molar-refractivity contribution in [1.82, 2.24) is 15.0 Å². The Kier molecular flexibility index (Phi) is 5.20. The molecule has 1 aliphatic carbocycles. The van der Waals surface area contributed by atoms with Crippen molar-refractivity contribution in [2.24, 2.45) is 0 Å². The molecule has 0 bridgehead atoms. The Morgan fingerprint density at radius 2 is 1.44 bits per heavy atom.